The molecule has 0 aromatic heterocycles. The molecule has 35 heavy (non-hydrogen) atoms. The van der Waals surface area contributed by atoms with E-state index in [0.29, 0.717) is 17.2 Å². The smallest absolute Gasteiger partial charge is 0.181 e. The number of benzene rings is 2. The fourth-order valence-electron chi connectivity index (χ4n) is 4.82. The minimum absolute atomic E-state index is 0.164. The zero-order valence-corrected chi connectivity index (χ0v) is 23.2. The maximum absolute atomic E-state index is 14.0. The van der Waals surface area contributed by atoms with Gasteiger partial charge in [0.2, 0.25) is 0 Å². The lowest BCUT2D eigenvalue weighted by Crippen LogP contribution is -2.38. The number of likely N-dealkylation sites (N-methyl/N-ethyl adjacent to an activating group) is 1. The van der Waals surface area contributed by atoms with Gasteiger partial charge in [-0.25, -0.2) is 8.42 Å². The van der Waals surface area contributed by atoms with Crippen molar-refractivity contribution in [2.24, 2.45) is 5.41 Å². The number of hydrogen-bond acceptors (Lipinski definition) is 6. The SMILES string of the molecule is C=C(COc1cc2c(cc1SC)N(c1ccccc1)CC(CCCC)(CCCC)CS2(=O)=O)NC. The normalized spacial score (nSPS) is 16.3. The number of ether oxygens (including phenoxy) is 1. The highest BCUT2D eigenvalue weighted by Gasteiger charge is 2.42. The van der Waals surface area contributed by atoms with Gasteiger partial charge in [-0.15, -0.1) is 11.8 Å². The van der Waals surface area contributed by atoms with Crippen LogP contribution in [0.2, 0.25) is 0 Å². The maximum Gasteiger partial charge on any atom is 0.181 e. The molecular weight excluding hydrogens is 476 g/mol. The van der Waals surface area contributed by atoms with E-state index >= 15 is 0 Å². The molecule has 1 heterocycles. The number of sulfone groups is 1. The number of fused-ring (bicyclic) bond motifs is 1. The van der Waals surface area contributed by atoms with Crippen molar-refractivity contribution in [3.63, 3.8) is 0 Å². The van der Waals surface area contributed by atoms with Crippen LogP contribution in [0.5, 0.6) is 5.75 Å². The van der Waals surface area contributed by atoms with Crippen LogP contribution in [0.25, 0.3) is 0 Å². The Labute approximate surface area is 216 Å². The average Bonchev–Trinajstić information content (AvgIpc) is 2.96. The molecule has 3 rings (SSSR count). The molecule has 7 heteroatoms. The molecule has 0 spiro atoms. The summed E-state index contributed by atoms with van der Waals surface area (Å²) in [6.45, 7) is 9.25. The Morgan fingerprint density at radius 2 is 1.80 bits per heavy atom. The molecule has 192 valence electrons. The third-order valence-electron chi connectivity index (χ3n) is 6.81. The van der Waals surface area contributed by atoms with Crippen molar-refractivity contribution in [2.45, 2.75) is 62.2 Å². The van der Waals surface area contributed by atoms with Crippen molar-refractivity contribution >= 4 is 33.0 Å². The van der Waals surface area contributed by atoms with Gasteiger partial charge in [0.1, 0.15) is 12.4 Å². The van der Waals surface area contributed by atoms with Gasteiger partial charge in [-0.05, 0) is 37.3 Å². The van der Waals surface area contributed by atoms with Gasteiger partial charge in [0.05, 0.1) is 21.2 Å². The molecular formula is C28H40N2O3S2. The molecule has 1 N–H and O–H groups in total. The van der Waals surface area contributed by atoms with Crippen LogP contribution in [-0.4, -0.2) is 40.6 Å². The fraction of sp³-hybridized carbons (Fsp3) is 0.500. The molecule has 2 aromatic carbocycles. The van der Waals surface area contributed by atoms with Gasteiger partial charge >= 0.3 is 0 Å². The lowest BCUT2D eigenvalue weighted by atomic mass is 9.79. The molecule has 0 atom stereocenters. The van der Waals surface area contributed by atoms with E-state index in [0.717, 1.165) is 60.5 Å². The highest BCUT2D eigenvalue weighted by molar-refractivity contribution is 7.98. The number of unbranched alkanes of at least 4 members (excludes halogenated alkanes) is 2. The van der Waals surface area contributed by atoms with Crippen molar-refractivity contribution < 1.29 is 13.2 Å². The quantitative estimate of drug-likeness (QED) is 0.313. The number of hydrogen-bond donors (Lipinski definition) is 1. The number of nitrogens with zero attached hydrogens (tertiary/aromatic N) is 1. The van der Waals surface area contributed by atoms with Crippen molar-refractivity contribution in [1.82, 2.24) is 5.32 Å². The van der Waals surface area contributed by atoms with Gasteiger partial charge in [-0.1, -0.05) is 64.3 Å². The number of anilines is 2. The minimum Gasteiger partial charge on any atom is -0.486 e. The number of rotatable bonds is 12. The van der Waals surface area contributed by atoms with E-state index in [9.17, 15) is 8.42 Å². The third kappa shape index (κ3) is 6.56. The van der Waals surface area contributed by atoms with Crippen molar-refractivity contribution in [3.05, 3.63) is 54.7 Å². The van der Waals surface area contributed by atoms with E-state index in [2.05, 4.69) is 42.8 Å². The topological polar surface area (TPSA) is 58.6 Å². The first-order valence-corrected chi connectivity index (χ1v) is 15.4. The zero-order chi connectivity index (χ0) is 25.5. The summed E-state index contributed by atoms with van der Waals surface area (Å²) in [5, 5.41) is 2.99. The van der Waals surface area contributed by atoms with Crippen molar-refractivity contribution in [3.8, 4) is 5.75 Å². The Morgan fingerprint density at radius 1 is 1.14 bits per heavy atom. The Hall–Kier alpha value is -2.12. The molecule has 1 aliphatic rings. The van der Waals surface area contributed by atoms with E-state index in [1.165, 1.54) is 0 Å². The molecule has 0 fully saturated rings. The average molecular weight is 517 g/mol. The van der Waals surface area contributed by atoms with Gasteiger partial charge in [0.15, 0.2) is 9.84 Å². The van der Waals surface area contributed by atoms with Crippen LogP contribution in [0.4, 0.5) is 11.4 Å². The standard InChI is InChI=1S/C28H40N2O3S2/c1-6-8-15-28(16-9-7-2)20-30(23-13-11-10-12-14-23)24-17-26(34-5)25(33-19-22(3)29-4)18-27(24)35(31,32)21-28/h10-14,17-18,29H,3,6-9,15-16,19-21H2,1-2,4-5H3. The minimum atomic E-state index is -3.55. The monoisotopic (exact) mass is 516 g/mol. The number of para-hydroxylation sites is 1. The second-order valence-corrected chi connectivity index (χ2v) is 12.3. The van der Waals surface area contributed by atoms with Crippen LogP contribution < -0.4 is 15.0 Å². The molecule has 0 bridgehead atoms. The van der Waals surface area contributed by atoms with Crippen LogP contribution in [0.1, 0.15) is 52.4 Å². The summed E-state index contributed by atoms with van der Waals surface area (Å²) in [4.78, 5) is 3.51. The molecule has 0 saturated heterocycles. The first-order valence-electron chi connectivity index (χ1n) is 12.5. The Balaban J connectivity index is 2.21. The van der Waals surface area contributed by atoms with Gasteiger partial charge in [-0.3, -0.25) is 0 Å². The van der Waals surface area contributed by atoms with E-state index in [-0.39, 0.29) is 17.8 Å². The predicted molar refractivity (Wildman–Crippen MR) is 149 cm³/mol. The van der Waals surface area contributed by atoms with Crippen LogP contribution in [0.3, 0.4) is 0 Å². The Bertz CT molecular complexity index is 1090. The summed E-state index contributed by atoms with van der Waals surface area (Å²) in [5.41, 5.74) is 2.20. The number of nitrogens with one attached hydrogen (secondary N) is 1. The van der Waals surface area contributed by atoms with E-state index in [4.69, 9.17) is 4.74 Å². The molecule has 0 radical (unpaired) electrons. The highest BCUT2D eigenvalue weighted by atomic mass is 32.2. The molecule has 0 unspecified atom stereocenters. The lowest BCUT2D eigenvalue weighted by molar-refractivity contribution is 0.270. The summed E-state index contributed by atoms with van der Waals surface area (Å²) in [6, 6.07) is 13.9. The first-order chi connectivity index (χ1) is 16.8. The van der Waals surface area contributed by atoms with Crippen LogP contribution in [0.15, 0.2) is 64.5 Å². The fourth-order valence-corrected chi connectivity index (χ4v) is 7.48. The van der Waals surface area contributed by atoms with Gasteiger partial charge in [0, 0.05) is 36.5 Å². The summed E-state index contributed by atoms with van der Waals surface area (Å²) in [7, 11) is -1.75. The Morgan fingerprint density at radius 3 is 2.37 bits per heavy atom. The second kappa shape index (κ2) is 12.2. The first kappa shape index (κ1) is 27.5. The summed E-state index contributed by atoms with van der Waals surface area (Å²) < 4.78 is 34.1. The van der Waals surface area contributed by atoms with Crippen molar-refractivity contribution in [1.29, 1.82) is 0 Å². The van der Waals surface area contributed by atoms with Gasteiger partial charge < -0.3 is 15.0 Å². The molecule has 0 saturated carbocycles. The van der Waals surface area contributed by atoms with E-state index < -0.39 is 9.84 Å². The molecule has 0 amide bonds. The summed E-state index contributed by atoms with van der Waals surface area (Å²) >= 11 is 1.56. The molecule has 2 aromatic rings. The Kier molecular flexibility index (Phi) is 9.59. The van der Waals surface area contributed by atoms with Crippen LogP contribution >= 0.6 is 11.8 Å². The second-order valence-electron chi connectivity index (χ2n) is 9.50. The molecule has 1 aliphatic heterocycles. The largest absolute Gasteiger partial charge is 0.486 e. The molecule has 5 nitrogen and oxygen atoms in total. The van der Waals surface area contributed by atoms with Crippen LogP contribution in [-0.2, 0) is 9.84 Å². The highest BCUT2D eigenvalue weighted by Crippen LogP contribution is 2.47. The van der Waals surface area contributed by atoms with Crippen molar-refractivity contribution in [2.75, 3.05) is 37.1 Å². The van der Waals surface area contributed by atoms with Gasteiger partial charge in [0.25, 0.3) is 0 Å². The van der Waals surface area contributed by atoms with E-state index in [1.807, 2.05) is 30.5 Å². The maximum atomic E-state index is 14.0. The number of thioether (sulfide) groups is 1. The third-order valence-corrected chi connectivity index (χ3v) is 9.55. The zero-order valence-electron chi connectivity index (χ0n) is 21.6. The van der Waals surface area contributed by atoms with E-state index in [1.54, 1.807) is 24.9 Å². The summed E-state index contributed by atoms with van der Waals surface area (Å²) in [6.07, 6.45) is 7.95. The molecule has 0 aliphatic carbocycles. The summed E-state index contributed by atoms with van der Waals surface area (Å²) in [5.74, 6) is 0.747. The predicted octanol–water partition coefficient (Wildman–Crippen LogP) is 6.81. The van der Waals surface area contributed by atoms with Gasteiger partial charge in [-0.2, -0.15) is 0 Å². The lowest BCUT2D eigenvalue weighted by Gasteiger charge is -2.37. The van der Waals surface area contributed by atoms with Crippen LogP contribution in [0, 0.1) is 5.41 Å².